The van der Waals surface area contributed by atoms with Crippen LogP contribution in [0.15, 0.2) is 46.1 Å². The van der Waals surface area contributed by atoms with E-state index in [2.05, 4.69) is 15.4 Å². The molecule has 1 amide bonds. The van der Waals surface area contributed by atoms with E-state index in [-0.39, 0.29) is 22.8 Å². The number of ether oxygens (including phenoxy) is 1. The number of halogens is 3. The molecule has 4 aromatic rings. The Morgan fingerprint density at radius 1 is 1.23 bits per heavy atom. The molecule has 2 aromatic carbocycles. The van der Waals surface area contributed by atoms with E-state index in [9.17, 15) is 27.9 Å². The molecular weight excluding hydrogens is 585 g/mol. The summed E-state index contributed by atoms with van der Waals surface area (Å²) in [7, 11) is 1.68. The Kier molecular flexibility index (Phi) is 9.17. The van der Waals surface area contributed by atoms with Crippen molar-refractivity contribution >= 4 is 34.4 Å². The minimum atomic E-state index is -4.80. The Bertz CT molecular complexity index is 1780. The van der Waals surface area contributed by atoms with Gasteiger partial charge in [0.1, 0.15) is 22.7 Å². The minimum absolute atomic E-state index is 0.166. The van der Waals surface area contributed by atoms with Crippen molar-refractivity contribution in [2.24, 2.45) is 7.05 Å². The van der Waals surface area contributed by atoms with Crippen LogP contribution in [0.3, 0.4) is 0 Å². The highest BCUT2D eigenvalue weighted by atomic mass is 32.2. The molecule has 0 saturated carbocycles. The number of amides is 1. The van der Waals surface area contributed by atoms with Gasteiger partial charge < -0.3 is 20.1 Å². The molecule has 3 N–H and O–H groups in total. The van der Waals surface area contributed by atoms with Crippen molar-refractivity contribution in [3.05, 3.63) is 63.6 Å². The van der Waals surface area contributed by atoms with Crippen LogP contribution in [-0.2, 0) is 24.4 Å². The number of benzene rings is 2. The number of carbonyl (C=O) groups excluding carboxylic acids is 1. The summed E-state index contributed by atoms with van der Waals surface area (Å²) in [6.07, 6.45) is -3.35. The second-order valence-corrected chi connectivity index (χ2v) is 11.0. The fraction of sp³-hybridized carbons (Fsp3) is 0.345. The second kappa shape index (κ2) is 12.5. The summed E-state index contributed by atoms with van der Waals surface area (Å²) >= 11 is 1.11. The Hall–Kier alpha value is -4.35. The van der Waals surface area contributed by atoms with Crippen LogP contribution in [0.1, 0.15) is 44.0 Å². The van der Waals surface area contributed by atoms with E-state index in [0.717, 1.165) is 30.3 Å². The molecule has 226 valence electrons. The lowest BCUT2D eigenvalue weighted by molar-refractivity contribution is -0.137. The van der Waals surface area contributed by atoms with Crippen molar-refractivity contribution in [3.63, 3.8) is 0 Å². The average molecular weight is 615 g/mol. The average Bonchev–Trinajstić information content (AvgIpc) is 3.27. The van der Waals surface area contributed by atoms with Gasteiger partial charge in [-0.25, -0.2) is 4.98 Å². The molecule has 0 radical (unpaired) electrons. The molecule has 2 heterocycles. The summed E-state index contributed by atoms with van der Waals surface area (Å²) < 4.78 is 47.3. The molecule has 2 aromatic heterocycles. The molecule has 0 aliphatic heterocycles. The first-order valence-electron chi connectivity index (χ1n) is 13.3. The molecule has 0 bridgehead atoms. The third kappa shape index (κ3) is 6.84. The number of nitrogens with one attached hydrogen (secondary N) is 2. The van der Waals surface area contributed by atoms with Crippen LogP contribution in [0.5, 0.6) is 5.75 Å². The first-order chi connectivity index (χ1) is 20.3. The first-order valence-corrected chi connectivity index (χ1v) is 14.3. The third-order valence-corrected chi connectivity index (χ3v) is 7.76. The molecule has 14 heteroatoms. The minimum Gasteiger partial charge on any atom is -0.493 e. The first kappa shape index (κ1) is 31.6. The van der Waals surface area contributed by atoms with E-state index < -0.39 is 28.8 Å². The van der Waals surface area contributed by atoms with E-state index in [4.69, 9.17) is 15.0 Å². The van der Waals surface area contributed by atoms with E-state index >= 15 is 0 Å². The summed E-state index contributed by atoms with van der Waals surface area (Å²) in [6.45, 7) is 5.40. The molecule has 4 rings (SSSR count). The van der Waals surface area contributed by atoms with Crippen molar-refractivity contribution in [2.75, 3.05) is 17.7 Å². The van der Waals surface area contributed by atoms with Gasteiger partial charge >= 0.3 is 6.18 Å². The Morgan fingerprint density at radius 2 is 1.98 bits per heavy atom. The number of aromatic amines is 1. The number of rotatable bonds is 10. The fourth-order valence-corrected chi connectivity index (χ4v) is 5.30. The van der Waals surface area contributed by atoms with Crippen molar-refractivity contribution in [1.82, 2.24) is 19.7 Å². The highest BCUT2D eigenvalue weighted by molar-refractivity contribution is 7.99. The molecule has 0 saturated heterocycles. The number of hydrogen-bond donors (Lipinski definition) is 3. The van der Waals surface area contributed by atoms with E-state index in [1.165, 1.54) is 17.7 Å². The number of fused-ring (bicyclic) bond motifs is 1. The number of alkyl halides is 3. The number of nitrogens with zero attached hydrogens (tertiary/aromatic N) is 4. The van der Waals surface area contributed by atoms with Gasteiger partial charge in [-0.15, -0.1) is 11.8 Å². The molecule has 0 spiro atoms. The third-order valence-electron chi connectivity index (χ3n) is 6.47. The van der Waals surface area contributed by atoms with Crippen LogP contribution >= 0.6 is 11.8 Å². The van der Waals surface area contributed by atoms with Gasteiger partial charge in [-0.1, -0.05) is 13.3 Å². The van der Waals surface area contributed by atoms with Gasteiger partial charge in [0.05, 0.1) is 35.1 Å². The second-order valence-electron chi connectivity index (χ2n) is 9.91. The number of aryl methyl sites for hydroxylation is 2. The van der Waals surface area contributed by atoms with Crippen LogP contribution in [0.4, 0.5) is 18.9 Å². The quantitative estimate of drug-likeness (QED) is 0.211. The number of H-pyrrole nitrogens is 1. The number of carbonyl (C=O) groups is 1. The van der Waals surface area contributed by atoms with Crippen LogP contribution in [0.25, 0.3) is 22.4 Å². The largest absolute Gasteiger partial charge is 0.493 e. The van der Waals surface area contributed by atoms with Gasteiger partial charge in [-0.3, -0.25) is 14.3 Å². The van der Waals surface area contributed by atoms with Gasteiger partial charge in [-0.2, -0.15) is 23.5 Å². The van der Waals surface area contributed by atoms with Gasteiger partial charge in [0, 0.05) is 23.4 Å². The van der Waals surface area contributed by atoms with Crippen LogP contribution in [0, 0.1) is 11.3 Å². The van der Waals surface area contributed by atoms with Gasteiger partial charge in [-0.05, 0) is 56.7 Å². The lowest BCUT2D eigenvalue weighted by Crippen LogP contribution is -2.42. The summed E-state index contributed by atoms with van der Waals surface area (Å²) in [5.41, 5.74) is -2.34. The number of nitriles is 1. The van der Waals surface area contributed by atoms with Gasteiger partial charge in [0.2, 0.25) is 0 Å². The zero-order valence-corrected chi connectivity index (χ0v) is 24.6. The SMILES string of the molecule is CCCc1nn(C)c2c(=O)[nH]c(-c3cc(SC[C@](C)(O)C(=O)Nc4ccc(C#N)c(C(F)(F)F)c4)ccc3OCC)nc12. The van der Waals surface area contributed by atoms with Crippen LogP contribution in [-0.4, -0.2) is 48.7 Å². The smallest absolute Gasteiger partial charge is 0.417 e. The van der Waals surface area contributed by atoms with Crippen molar-refractivity contribution in [2.45, 2.75) is 50.3 Å². The van der Waals surface area contributed by atoms with E-state index in [1.54, 1.807) is 25.2 Å². The Labute approximate surface area is 248 Å². The Morgan fingerprint density at radius 3 is 2.63 bits per heavy atom. The maximum absolute atomic E-state index is 13.3. The van der Waals surface area contributed by atoms with E-state index in [1.807, 2.05) is 13.8 Å². The maximum atomic E-state index is 13.3. The van der Waals surface area contributed by atoms with E-state index in [0.29, 0.717) is 52.0 Å². The standard InChI is InChI=1S/C29H29F3N6O4S/c1-5-7-21-23-24(38(4)37-21)26(39)36-25(35-23)19-13-18(10-11-22(19)42-6-2)43-15-28(3,41)27(40)34-17-9-8-16(14-33)20(12-17)29(30,31)32/h8-13,41H,5-7,15H2,1-4H3,(H,34,40)(H,35,36,39)/t28-/m0/s1. The molecule has 0 unspecified atom stereocenters. The predicted octanol–water partition coefficient (Wildman–Crippen LogP) is 5.05. The Balaban J connectivity index is 1.60. The molecule has 10 nitrogen and oxygen atoms in total. The van der Waals surface area contributed by atoms with Crippen LogP contribution in [0.2, 0.25) is 0 Å². The molecular formula is C29H29F3N6O4S. The summed E-state index contributed by atoms with van der Waals surface area (Å²) in [5.74, 6) is -0.373. The zero-order valence-electron chi connectivity index (χ0n) is 23.8. The molecule has 0 aliphatic carbocycles. The highest BCUT2D eigenvalue weighted by Crippen LogP contribution is 2.35. The number of anilines is 1. The number of aromatic nitrogens is 4. The predicted molar refractivity (Wildman–Crippen MR) is 156 cm³/mol. The lowest BCUT2D eigenvalue weighted by Gasteiger charge is -2.22. The normalized spacial score (nSPS) is 13.0. The van der Waals surface area contributed by atoms with Gasteiger partial charge in [0.15, 0.2) is 5.52 Å². The summed E-state index contributed by atoms with van der Waals surface area (Å²) in [4.78, 5) is 34.0. The molecule has 0 fully saturated rings. The monoisotopic (exact) mass is 614 g/mol. The van der Waals surface area contributed by atoms with Crippen molar-refractivity contribution in [1.29, 1.82) is 5.26 Å². The summed E-state index contributed by atoms with van der Waals surface area (Å²) in [5, 5.41) is 26.6. The molecule has 0 aliphatic rings. The number of thioether (sulfide) groups is 1. The highest BCUT2D eigenvalue weighted by Gasteiger charge is 2.35. The summed E-state index contributed by atoms with van der Waals surface area (Å²) in [6, 6.07) is 9.35. The number of hydrogen-bond acceptors (Lipinski definition) is 8. The molecule has 43 heavy (non-hydrogen) atoms. The lowest BCUT2D eigenvalue weighted by atomic mass is 10.1. The molecule has 1 atom stereocenters. The van der Waals surface area contributed by atoms with Crippen LogP contribution < -0.4 is 15.6 Å². The van der Waals surface area contributed by atoms with Crippen molar-refractivity contribution < 1.29 is 27.8 Å². The zero-order chi connectivity index (χ0) is 31.5. The topological polar surface area (TPSA) is 146 Å². The van der Waals surface area contributed by atoms with Crippen molar-refractivity contribution in [3.8, 4) is 23.2 Å². The maximum Gasteiger partial charge on any atom is 0.417 e. The number of aliphatic hydroxyl groups is 1. The fourth-order valence-electron chi connectivity index (χ4n) is 4.35. The van der Waals surface area contributed by atoms with Gasteiger partial charge in [0.25, 0.3) is 11.5 Å².